The van der Waals surface area contributed by atoms with Gasteiger partial charge in [-0.1, -0.05) is 17.7 Å². The third kappa shape index (κ3) is 5.30. The number of hydrogen-bond donors (Lipinski definition) is 1. The molecular formula is C20H26N2O4S. The van der Waals surface area contributed by atoms with Crippen LogP contribution in [0.5, 0.6) is 0 Å². The zero-order valence-electron chi connectivity index (χ0n) is 15.7. The molecule has 7 heteroatoms. The molecule has 6 nitrogen and oxygen atoms in total. The maximum atomic E-state index is 13.2. The Balaban J connectivity index is 2.36. The van der Waals surface area contributed by atoms with Gasteiger partial charge in [-0.25, -0.2) is 13.2 Å². The van der Waals surface area contributed by atoms with E-state index in [-0.39, 0.29) is 11.5 Å². The number of ether oxygens (including phenoxy) is 1. The standard InChI is InChI=1S/C20H26N2O4S/c1-3-26-20(23)17-8-10-18(11-9-17)22(15-5-4-14-21)27(24,25)19-12-6-16(2)7-13-19/h6-13H,3-5,14-15,21H2,1-2H3. The molecule has 146 valence electrons. The van der Waals surface area contributed by atoms with E-state index >= 15 is 0 Å². The summed E-state index contributed by atoms with van der Waals surface area (Å²) in [5, 5.41) is 0. The number of nitrogens with two attached hydrogens (primary N) is 1. The molecule has 0 radical (unpaired) electrons. The Morgan fingerprint density at radius 2 is 1.67 bits per heavy atom. The quantitative estimate of drug-likeness (QED) is 0.525. The van der Waals surface area contributed by atoms with Crippen LogP contribution in [-0.4, -0.2) is 34.1 Å². The summed E-state index contributed by atoms with van der Waals surface area (Å²) in [5.74, 6) is -0.430. The molecule has 2 N–H and O–H groups in total. The van der Waals surface area contributed by atoms with Crippen LogP contribution in [0.4, 0.5) is 5.69 Å². The van der Waals surface area contributed by atoms with Crippen molar-refractivity contribution < 1.29 is 17.9 Å². The van der Waals surface area contributed by atoms with Crippen molar-refractivity contribution in [1.29, 1.82) is 0 Å². The van der Waals surface area contributed by atoms with Gasteiger partial charge in [-0.05, 0) is 69.6 Å². The van der Waals surface area contributed by atoms with E-state index < -0.39 is 16.0 Å². The van der Waals surface area contributed by atoms with Crippen LogP contribution >= 0.6 is 0 Å². The normalized spacial score (nSPS) is 11.2. The minimum Gasteiger partial charge on any atom is -0.462 e. The summed E-state index contributed by atoms with van der Waals surface area (Å²) in [6.07, 6.45) is 1.36. The van der Waals surface area contributed by atoms with Gasteiger partial charge in [0.05, 0.1) is 22.8 Å². The van der Waals surface area contributed by atoms with E-state index in [0.717, 1.165) is 12.0 Å². The Hall–Kier alpha value is -2.38. The maximum absolute atomic E-state index is 13.2. The van der Waals surface area contributed by atoms with Gasteiger partial charge in [0.1, 0.15) is 0 Å². The highest BCUT2D eigenvalue weighted by molar-refractivity contribution is 7.92. The molecule has 2 aromatic rings. The van der Waals surface area contributed by atoms with Crippen molar-refractivity contribution in [3.05, 3.63) is 59.7 Å². The molecule has 0 heterocycles. The van der Waals surface area contributed by atoms with E-state index in [4.69, 9.17) is 10.5 Å². The number of nitrogens with zero attached hydrogens (tertiary/aromatic N) is 1. The molecule has 0 aromatic heterocycles. The second-order valence-electron chi connectivity index (χ2n) is 6.15. The van der Waals surface area contributed by atoms with Gasteiger partial charge in [-0.2, -0.15) is 0 Å². The van der Waals surface area contributed by atoms with E-state index in [9.17, 15) is 13.2 Å². The van der Waals surface area contributed by atoms with E-state index in [1.54, 1.807) is 55.5 Å². The molecule has 0 saturated heterocycles. The van der Waals surface area contributed by atoms with Crippen molar-refractivity contribution in [2.75, 3.05) is 24.0 Å². The van der Waals surface area contributed by atoms with Crippen LogP contribution in [0.2, 0.25) is 0 Å². The third-order valence-corrected chi connectivity index (χ3v) is 5.93. The number of hydrogen-bond acceptors (Lipinski definition) is 5. The smallest absolute Gasteiger partial charge is 0.338 e. The summed E-state index contributed by atoms with van der Waals surface area (Å²) in [6, 6.07) is 13.2. The predicted molar refractivity (Wildman–Crippen MR) is 106 cm³/mol. The number of carbonyl (C=O) groups is 1. The average molecular weight is 391 g/mol. The minimum atomic E-state index is -3.72. The molecule has 0 aliphatic rings. The van der Waals surface area contributed by atoms with Crippen LogP contribution in [0.3, 0.4) is 0 Å². The number of rotatable bonds is 9. The number of aryl methyl sites for hydroxylation is 1. The Morgan fingerprint density at radius 1 is 1.04 bits per heavy atom. The second kappa shape index (κ2) is 9.53. The van der Waals surface area contributed by atoms with Crippen LogP contribution in [0, 0.1) is 6.92 Å². The Morgan fingerprint density at radius 3 is 2.22 bits per heavy atom. The molecule has 0 aliphatic heterocycles. The molecule has 27 heavy (non-hydrogen) atoms. The lowest BCUT2D eigenvalue weighted by molar-refractivity contribution is 0.0526. The van der Waals surface area contributed by atoms with Crippen LogP contribution in [0.25, 0.3) is 0 Å². The molecule has 0 spiro atoms. The van der Waals surface area contributed by atoms with Gasteiger partial charge in [0, 0.05) is 6.54 Å². The zero-order chi connectivity index (χ0) is 19.9. The van der Waals surface area contributed by atoms with E-state index in [1.807, 2.05) is 6.92 Å². The lowest BCUT2D eigenvalue weighted by Gasteiger charge is -2.25. The van der Waals surface area contributed by atoms with Crippen LogP contribution in [-0.2, 0) is 14.8 Å². The zero-order valence-corrected chi connectivity index (χ0v) is 16.5. The molecule has 2 rings (SSSR count). The first-order chi connectivity index (χ1) is 12.9. The molecule has 0 fully saturated rings. The van der Waals surface area contributed by atoms with Gasteiger partial charge >= 0.3 is 5.97 Å². The molecular weight excluding hydrogens is 364 g/mol. The lowest BCUT2D eigenvalue weighted by atomic mass is 10.2. The van der Waals surface area contributed by atoms with Gasteiger partial charge < -0.3 is 10.5 Å². The second-order valence-corrected chi connectivity index (χ2v) is 8.02. The van der Waals surface area contributed by atoms with Gasteiger partial charge in [0.25, 0.3) is 10.0 Å². The Bertz CT molecular complexity index is 847. The number of esters is 1. The molecule has 0 saturated carbocycles. The van der Waals surface area contributed by atoms with Crippen molar-refractivity contribution in [2.45, 2.75) is 31.6 Å². The number of benzene rings is 2. The highest BCUT2D eigenvalue weighted by Gasteiger charge is 2.24. The SMILES string of the molecule is CCOC(=O)c1ccc(N(CCCCN)S(=O)(=O)c2ccc(C)cc2)cc1. The van der Waals surface area contributed by atoms with Gasteiger partial charge in [0.2, 0.25) is 0 Å². The topological polar surface area (TPSA) is 89.7 Å². The Kier molecular flexibility index (Phi) is 7.38. The minimum absolute atomic E-state index is 0.232. The number of carbonyl (C=O) groups excluding carboxylic acids is 1. The van der Waals surface area contributed by atoms with Crippen LogP contribution in [0.1, 0.15) is 35.7 Å². The van der Waals surface area contributed by atoms with Crippen molar-refractivity contribution in [2.24, 2.45) is 5.73 Å². The summed E-state index contributed by atoms with van der Waals surface area (Å²) < 4.78 is 32.7. The summed E-state index contributed by atoms with van der Waals surface area (Å²) in [6.45, 7) is 4.74. The molecule has 0 atom stereocenters. The summed E-state index contributed by atoms with van der Waals surface area (Å²) in [5.41, 5.74) is 7.43. The summed E-state index contributed by atoms with van der Waals surface area (Å²) in [4.78, 5) is 12.1. The average Bonchev–Trinajstić information content (AvgIpc) is 2.66. The summed E-state index contributed by atoms with van der Waals surface area (Å²) in [7, 11) is -3.72. The monoisotopic (exact) mass is 390 g/mol. The fourth-order valence-electron chi connectivity index (χ4n) is 2.60. The third-order valence-electron chi connectivity index (χ3n) is 4.09. The molecule has 2 aromatic carbocycles. The van der Waals surface area contributed by atoms with E-state index in [0.29, 0.717) is 30.8 Å². The van der Waals surface area contributed by atoms with Gasteiger partial charge in [-0.3, -0.25) is 4.31 Å². The Labute approximate surface area is 161 Å². The van der Waals surface area contributed by atoms with Crippen molar-refractivity contribution >= 4 is 21.7 Å². The van der Waals surface area contributed by atoms with Crippen LogP contribution in [0.15, 0.2) is 53.4 Å². The van der Waals surface area contributed by atoms with Crippen molar-refractivity contribution in [1.82, 2.24) is 0 Å². The first-order valence-corrected chi connectivity index (χ1v) is 10.4. The lowest BCUT2D eigenvalue weighted by Crippen LogP contribution is -2.32. The number of anilines is 1. The van der Waals surface area contributed by atoms with E-state index in [2.05, 4.69) is 0 Å². The predicted octanol–water partition coefficient (Wildman–Crippen LogP) is 3.11. The van der Waals surface area contributed by atoms with Crippen LogP contribution < -0.4 is 10.0 Å². The molecule has 0 amide bonds. The first-order valence-electron chi connectivity index (χ1n) is 8.96. The van der Waals surface area contributed by atoms with Crippen molar-refractivity contribution in [3.8, 4) is 0 Å². The number of unbranched alkanes of at least 4 members (excludes halogenated alkanes) is 1. The number of sulfonamides is 1. The van der Waals surface area contributed by atoms with E-state index in [1.165, 1.54) is 4.31 Å². The fourth-order valence-corrected chi connectivity index (χ4v) is 4.11. The highest BCUT2D eigenvalue weighted by atomic mass is 32.2. The maximum Gasteiger partial charge on any atom is 0.338 e. The van der Waals surface area contributed by atoms with Crippen molar-refractivity contribution in [3.63, 3.8) is 0 Å². The highest BCUT2D eigenvalue weighted by Crippen LogP contribution is 2.25. The molecule has 0 bridgehead atoms. The van der Waals surface area contributed by atoms with Gasteiger partial charge in [0.15, 0.2) is 0 Å². The first kappa shape index (κ1) is 20.9. The molecule has 0 aliphatic carbocycles. The fraction of sp³-hybridized carbons (Fsp3) is 0.350. The molecule has 0 unspecified atom stereocenters. The summed E-state index contributed by atoms with van der Waals surface area (Å²) >= 11 is 0. The largest absolute Gasteiger partial charge is 0.462 e. The van der Waals surface area contributed by atoms with Gasteiger partial charge in [-0.15, -0.1) is 0 Å².